The maximum Gasteiger partial charge on any atom is 0.220 e. The molecule has 23 heavy (non-hydrogen) atoms. The van der Waals surface area contributed by atoms with Gasteiger partial charge in [-0.25, -0.2) is 4.98 Å². The zero-order valence-corrected chi connectivity index (χ0v) is 14.9. The maximum absolute atomic E-state index is 11.9. The van der Waals surface area contributed by atoms with Gasteiger partial charge < -0.3 is 5.32 Å². The third-order valence-electron chi connectivity index (χ3n) is 3.79. The summed E-state index contributed by atoms with van der Waals surface area (Å²) in [5, 5.41) is 6.11. The highest BCUT2D eigenvalue weighted by molar-refractivity contribution is 7.13. The molecule has 0 saturated heterocycles. The number of carbonyl (C=O) groups excluding carboxylic acids is 1. The van der Waals surface area contributed by atoms with E-state index in [4.69, 9.17) is 0 Å². The standard InChI is InChI=1S/C19H26N2OS/c1-3-4-5-6-7-11-18(22)20-13-16-9-8-10-17(12-16)19-21-15(2)14-23-19/h8-10,12,14H,3-7,11,13H2,1-2H3,(H,20,22). The number of nitrogens with zero attached hydrogens (tertiary/aromatic N) is 1. The SMILES string of the molecule is CCCCCCCC(=O)NCc1cccc(-c2nc(C)cs2)c1. The Morgan fingerprint density at radius 1 is 1.22 bits per heavy atom. The van der Waals surface area contributed by atoms with E-state index in [1.807, 2.05) is 19.1 Å². The number of hydrogen-bond donors (Lipinski definition) is 1. The predicted octanol–water partition coefficient (Wildman–Crippen LogP) is 5.10. The summed E-state index contributed by atoms with van der Waals surface area (Å²) < 4.78 is 0. The molecule has 2 rings (SSSR count). The molecule has 3 nitrogen and oxygen atoms in total. The van der Waals surface area contributed by atoms with Gasteiger partial charge in [-0.3, -0.25) is 4.79 Å². The highest BCUT2D eigenvalue weighted by atomic mass is 32.1. The lowest BCUT2D eigenvalue weighted by atomic mass is 10.1. The molecule has 1 heterocycles. The predicted molar refractivity (Wildman–Crippen MR) is 97.5 cm³/mol. The second-order valence-corrected chi connectivity index (χ2v) is 6.79. The average Bonchev–Trinajstić information content (AvgIpc) is 2.99. The molecule has 0 aliphatic rings. The van der Waals surface area contributed by atoms with E-state index < -0.39 is 0 Å². The smallest absolute Gasteiger partial charge is 0.220 e. The molecular formula is C19H26N2OS. The number of benzene rings is 1. The van der Waals surface area contributed by atoms with Crippen molar-refractivity contribution in [1.82, 2.24) is 10.3 Å². The van der Waals surface area contributed by atoms with Crippen LogP contribution in [0.4, 0.5) is 0 Å². The fourth-order valence-corrected chi connectivity index (χ4v) is 3.27. The number of hydrogen-bond acceptors (Lipinski definition) is 3. The van der Waals surface area contributed by atoms with Crippen molar-refractivity contribution in [2.75, 3.05) is 0 Å². The van der Waals surface area contributed by atoms with Crippen molar-refractivity contribution < 1.29 is 4.79 Å². The highest BCUT2D eigenvalue weighted by Gasteiger charge is 2.05. The van der Waals surface area contributed by atoms with Crippen LogP contribution < -0.4 is 5.32 Å². The van der Waals surface area contributed by atoms with E-state index in [1.165, 1.54) is 19.3 Å². The molecule has 1 N–H and O–H groups in total. The van der Waals surface area contributed by atoms with Crippen LogP contribution >= 0.6 is 11.3 Å². The molecule has 0 saturated carbocycles. The van der Waals surface area contributed by atoms with Gasteiger partial charge >= 0.3 is 0 Å². The molecule has 0 atom stereocenters. The molecule has 0 aliphatic heterocycles. The van der Waals surface area contributed by atoms with Crippen LogP contribution in [0, 0.1) is 6.92 Å². The first-order chi connectivity index (χ1) is 11.2. The van der Waals surface area contributed by atoms with Crippen LogP contribution in [0.2, 0.25) is 0 Å². The number of thiazole rings is 1. The van der Waals surface area contributed by atoms with E-state index in [2.05, 4.69) is 34.7 Å². The third kappa shape index (κ3) is 6.14. The summed E-state index contributed by atoms with van der Waals surface area (Å²) in [4.78, 5) is 16.4. The maximum atomic E-state index is 11.9. The van der Waals surface area contributed by atoms with E-state index in [-0.39, 0.29) is 5.91 Å². The summed E-state index contributed by atoms with van der Waals surface area (Å²) in [6.45, 7) is 4.80. The van der Waals surface area contributed by atoms with Crippen molar-refractivity contribution in [3.63, 3.8) is 0 Å². The van der Waals surface area contributed by atoms with Gasteiger partial charge in [-0.15, -0.1) is 11.3 Å². The molecule has 0 bridgehead atoms. The zero-order chi connectivity index (χ0) is 16.5. The first kappa shape index (κ1) is 17.7. The number of aryl methyl sites for hydroxylation is 1. The van der Waals surface area contributed by atoms with E-state index in [9.17, 15) is 4.79 Å². The molecular weight excluding hydrogens is 304 g/mol. The topological polar surface area (TPSA) is 42.0 Å². The number of rotatable bonds is 9. The molecule has 0 aliphatic carbocycles. The Kier molecular flexibility index (Phi) is 7.27. The lowest BCUT2D eigenvalue weighted by Gasteiger charge is -2.07. The number of unbranched alkanes of at least 4 members (excludes halogenated alkanes) is 4. The Hall–Kier alpha value is -1.68. The monoisotopic (exact) mass is 330 g/mol. The van der Waals surface area contributed by atoms with Crippen molar-refractivity contribution in [3.8, 4) is 10.6 Å². The van der Waals surface area contributed by atoms with Gasteiger partial charge in [0, 0.05) is 29.6 Å². The number of nitrogens with one attached hydrogen (secondary N) is 1. The normalized spacial score (nSPS) is 10.7. The third-order valence-corrected chi connectivity index (χ3v) is 4.80. The number of carbonyl (C=O) groups is 1. The van der Waals surface area contributed by atoms with E-state index >= 15 is 0 Å². The molecule has 1 amide bonds. The zero-order valence-electron chi connectivity index (χ0n) is 14.1. The molecule has 0 fully saturated rings. The molecule has 0 spiro atoms. The Bertz CT molecular complexity index is 621. The summed E-state index contributed by atoms with van der Waals surface area (Å²) in [5.74, 6) is 0.150. The minimum atomic E-state index is 0.150. The van der Waals surface area contributed by atoms with Crippen LogP contribution in [0.5, 0.6) is 0 Å². The van der Waals surface area contributed by atoms with Crippen LogP contribution in [0.1, 0.15) is 56.7 Å². The Morgan fingerprint density at radius 3 is 2.78 bits per heavy atom. The van der Waals surface area contributed by atoms with Gasteiger partial charge in [-0.2, -0.15) is 0 Å². The lowest BCUT2D eigenvalue weighted by Crippen LogP contribution is -2.22. The lowest BCUT2D eigenvalue weighted by molar-refractivity contribution is -0.121. The second kappa shape index (κ2) is 9.46. The molecule has 1 aromatic carbocycles. The first-order valence-electron chi connectivity index (χ1n) is 8.47. The van der Waals surface area contributed by atoms with Gasteiger partial charge in [0.2, 0.25) is 5.91 Å². The van der Waals surface area contributed by atoms with Gasteiger partial charge in [0.15, 0.2) is 0 Å². The van der Waals surface area contributed by atoms with Gasteiger partial charge in [-0.1, -0.05) is 50.8 Å². The van der Waals surface area contributed by atoms with Crippen molar-refractivity contribution in [3.05, 3.63) is 40.9 Å². The summed E-state index contributed by atoms with van der Waals surface area (Å²) in [5.41, 5.74) is 3.29. The Labute approximate surface area is 143 Å². The summed E-state index contributed by atoms with van der Waals surface area (Å²) >= 11 is 1.65. The fourth-order valence-electron chi connectivity index (χ4n) is 2.48. The minimum absolute atomic E-state index is 0.150. The van der Waals surface area contributed by atoms with Gasteiger partial charge in [0.1, 0.15) is 5.01 Å². The van der Waals surface area contributed by atoms with Crippen LogP contribution in [0.3, 0.4) is 0 Å². The van der Waals surface area contributed by atoms with Gasteiger partial charge in [-0.05, 0) is 25.0 Å². The average molecular weight is 330 g/mol. The van der Waals surface area contributed by atoms with Crippen molar-refractivity contribution in [1.29, 1.82) is 0 Å². The van der Waals surface area contributed by atoms with Crippen LogP contribution in [-0.2, 0) is 11.3 Å². The molecule has 124 valence electrons. The quantitative estimate of drug-likeness (QED) is 0.650. The van der Waals surface area contributed by atoms with Crippen LogP contribution in [0.15, 0.2) is 29.6 Å². The molecule has 0 radical (unpaired) electrons. The minimum Gasteiger partial charge on any atom is -0.352 e. The molecule has 2 aromatic rings. The molecule has 4 heteroatoms. The summed E-state index contributed by atoms with van der Waals surface area (Å²) in [7, 11) is 0. The number of aromatic nitrogens is 1. The van der Waals surface area contributed by atoms with Gasteiger partial charge in [0.25, 0.3) is 0 Å². The Balaban J connectivity index is 1.78. The van der Waals surface area contributed by atoms with Crippen molar-refractivity contribution in [2.24, 2.45) is 0 Å². The summed E-state index contributed by atoms with van der Waals surface area (Å²) in [6.07, 6.45) is 6.52. The van der Waals surface area contributed by atoms with E-state index in [1.54, 1.807) is 11.3 Å². The van der Waals surface area contributed by atoms with E-state index in [0.717, 1.165) is 34.7 Å². The van der Waals surface area contributed by atoms with Crippen LogP contribution in [-0.4, -0.2) is 10.9 Å². The second-order valence-electron chi connectivity index (χ2n) is 5.94. The van der Waals surface area contributed by atoms with E-state index in [0.29, 0.717) is 13.0 Å². The largest absolute Gasteiger partial charge is 0.352 e. The molecule has 1 aromatic heterocycles. The molecule has 0 unspecified atom stereocenters. The first-order valence-corrected chi connectivity index (χ1v) is 9.35. The fraction of sp³-hybridized carbons (Fsp3) is 0.474. The number of amides is 1. The van der Waals surface area contributed by atoms with Crippen molar-refractivity contribution in [2.45, 2.75) is 58.9 Å². The highest BCUT2D eigenvalue weighted by Crippen LogP contribution is 2.24. The summed E-state index contributed by atoms with van der Waals surface area (Å²) in [6, 6.07) is 8.25. The van der Waals surface area contributed by atoms with Crippen molar-refractivity contribution >= 4 is 17.2 Å². The Morgan fingerprint density at radius 2 is 2.04 bits per heavy atom. The van der Waals surface area contributed by atoms with Gasteiger partial charge in [0.05, 0.1) is 0 Å². The van der Waals surface area contributed by atoms with Crippen LogP contribution in [0.25, 0.3) is 10.6 Å².